The third kappa shape index (κ3) is 9.68. The molecular formula is C48H60F3NO5. The predicted octanol–water partition coefficient (Wildman–Crippen LogP) is 11.1. The van der Waals surface area contributed by atoms with Crippen molar-refractivity contribution in [2.24, 2.45) is 23.2 Å². The summed E-state index contributed by atoms with van der Waals surface area (Å²) in [5.74, 6) is 0.112. The van der Waals surface area contributed by atoms with Crippen LogP contribution in [0.2, 0.25) is 0 Å². The molecule has 0 heterocycles. The SMILES string of the molecule is CC1=CCCC2(C)C(CCC2(O)CN(Cc2ccccc2)C(=O)OC2CC(C)CCC2C(C)C)c2ccc(cc2C(=O)c2cccc(C(F)(F)F)c2)CC(O)CC1. The Hall–Kier alpha value is -3.95. The first kappa shape index (κ1) is 42.7. The number of halogens is 3. The zero-order valence-electron chi connectivity index (χ0n) is 34.2. The highest BCUT2D eigenvalue weighted by Gasteiger charge is 2.58. The lowest BCUT2D eigenvalue weighted by Crippen LogP contribution is -2.54. The summed E-state index contributed by atoms with van der Waals surface area (Å²) in [7, 11) is 0. The molecule has 7 unspecified atom stereocenters. The second kappa shape index (κ2) is 17.5. The van der Waals surface area contributed by atoms with Crippen molar-refractivity contribution in [1.29, 1.82) is 0 Å². The lowest BCUT2D eigenvalue weighted by atomic mass is 9.64. The first-order valence-corrected chi connectivity index (χ1v) is 20.9. The van der Waals surface area contributed by atoms with Crippen molar-refractivity contribution < 1.29 is 37.7 Å². The van der Waals surface area contributed by atoms with Gasteiger partial charge in [0.1, 0.15) is 6.10 Å². The molecule has 0 spiro atoms. The summed E-state index contributed by atoms with van der Waals surface area (Å²) in [5, 5.41) is 24.1. The molecule has 2 saturated carbocycles. The summed E-state index contributed by atoms with van der Waals surface area (Å²) in [6.45, 7) is 10.9. The molecule has 6 nitrogen and oxygen atoms in total. The van der Waals surface area contributed by atoms with Crippen LogP contribution in [-0.2, 0) is 23.9 Å². The largest absolute Gasteiger partial charge is 0.446 e. The van der Waals surface area contributed by atoms with E-state index in [1.165, 1.54) is 12.1 Å². The van der Waals surface area contributed by atoms with Crippen molar-refractivity contribution in [3.05, 3.63) is 118 Å². The zero-order chi connectivity index (χ0) is 41.1. The van der Waals surface area contributed by atoms with Crippen LogP contribution in [0.5, 0.6) is 0 Å². The molecule has 7 rings (SSSR count). The number of amides is 1. The molecule has 0 radical (unpaired) electrons. The van der Waals surface area contributed by atoms with Gasteiger partial charge in [-0.25, -0.2) is 4.79 Å². The van der Waals surface area contributed by atoms with Crippen LogP contribution in [0.1, 0.15) is 136 Å². The van der Waals surface area contributed by atoms with Crippen molar-refractivity contribution in [1.82, 2.24) is 4.90 Å². The van der Waals surface area contributed by atoms with Crippen LogP contribution < -0.4 is 0 Å². The van der Waals surface area contributed by atoms with Gasteiger partial charge < -0.3 is 19.8 Å². The maximum absolute atomic E-state index is 14.5. The fraction of sp³-hybridized carbons (Fsp3) is 0.542. The second-order valence-electron chi connectivity index (χ2n) is 17.9. The molecule has 308 valence electrons. The van der Waals surface area contributed by atoms with E-state index in [4.69, 9.17) is 4.74 Å². The van der Waals surface area contributed by atoms with E-state index >= 15 is 0 Å². The smallest absolute Gasteiger partial charge is 0.416 e. The van der Waals surface area contributed by atoms with Crippen molar-refractivity contribution >= 4 is 11.9 Å². The number of fused-ring (bicyclic) bond motifs is 8. The maximum Gasteiger partial charge on any atom is 0.416 e. The van der Waals surface area contributed by atoms with E-state index < -0.39 is 40.7 Å². The number of ether oxygens (including phenoxy) is 1. The van der Waals surface area contributed by atoms with Crippen LogP contribution in [0.4, 0.5) is 18.0 Å². The number of hydrogen-bond acceptors (Lipinski definition) is 5. The summed E-state index contributed by atoms with van der Waals surface area (Å²) >= 11 is 0. The lowest BCUT2D eigenvalue weighted by molar-refractivity contribution is -0.137. The Labute approximate surface area is 336 Å². The second-order valence-corrected chi connectivity index (χ2v) is 17.9. The molecule has 2 bridgehead atoms. The average molecular weight is 788 g/mol. The Morgan fingerprint density at radius 1 is 0.965 bits per heavy atom. The first-order valence-electron chi connectivity index (χ1n) is 20.9. The average Bonchev–Trinajstić information content (AvgIpc) is 3.41. The quantitative estimate of drug-likeness (QED) is 0.175. The van der Waals surface area contributed by atoms with Gasteiger partial charge in [-0.15, -0.1) is 0 Å². The molecule has 7 atom stereocenters. The molecule has 4 aliphatic rings. The summed E-state index contributed by atoms with van der Waals surface area (Å²) in [5.41, 5.74) is 0.424. The van der Waals surface area contributed by atoms with E-state index in [9.17, 15) is 33.0 Å². The van der Waals surface area contributed by atoms with Crippen LogP contribution in [0.3, 0.4) is 0 Å². The molecule has 3 aromatic rings. The number of ketones is 1. The fourth-order valence-electron chi connectivity index (χ4n) is 9.95. The molecule has 4 aliphatic carbocycles. The number of benzene rings is 3. The van der Waals surface area contributed by atoms with Crippen LogP contribution in [0, 0.1) is 23.2 Å². The number of aliphatic hydroxyl groups is 2. The molecule has 1 amide bonds. The van der Waals surface area contributed by atoms with Crippen LogP contribution in [0.15, 0.2) is 84.4 Å². The summed E-state index contributed by atoms with van der Waals surface area (Å²) < 4.78 is 47.9. The molecule has 9 heteroatoms. The number of carbonyl (C=O) groups is 2. The Kier molecular flexibility index (Phi) is 13.1. The summed E-state index contributed by atoms with van der Waals surface area (Å²) in [6.07, 6.45) is 2.50. The number of hydrogen-bond donors (Lipinski definition) is 2. The van der Waals surface area contributed by atoms with Crippen molar-refractivity contribution in [2.75, 3.05) is 6.54 Å². The molecule has 2 fully saturated rings. The normalized spacial score (nSPS) is 28.3. The minimum Gasteiger partial charge on any atom is -0.446 e. The summed E-state index contributed by atoms with van der Waals surface area (Å²) in [4.78, 5) is 30.6. The van der Waals surface area contributed by atoms with Crippen LogP contribution >= 0.6 is 0 Å². The fourth-order valence-corrected chi connectivity index (χ4v) is 9.95. The van der Waals surface area contributed by atoms with Gasteiger partial charge in [-0.2, -0.15) is 13.2 Å². The van der Waals surface area contributed by atoms with Gasteiger partial charge in [0.05, 0.1) is 23.8 Å². The Bertz CT molecular complexity index is 1910. The Morgan fingerprint density at radius 3 is 2.44 bits per heavy atom. The van der Waals surface area contributed by atoms with E-state index in [2.05, 4.69) is 26.8 Å². The number of rotatable bonds is 8. The lowest BCUT2D eigenvalue weighted by Gasteiger charge is -2.46. The molecule has 57 heavy (non-hydrogen) atoms. The Balaban J connectivity index is 1.41. The van der Waals surface area contributed by atoms with Crippen LogP contribution in [-0.4, -0.2) is 51.3 Å². The van der Waals surface area contributed by atoms with Gasteiger partial charge in [0.25, 0.3) is 0 Å². The first-order chi connectivity index (χ1) is 27.0. The molecule has 2 N–H and O–H groups in total. The molecule has 0 saturated heterocycles. The number of aliphatic hydroxyl groups excluding tert-OH is 1. The highest BCUT2D eigenvalue weighted by atomic mass is 19.4. The van der Waals surface area contributed by atoms with Gasteiger partial charge in [0.15, 0.2) is 5.78 Å². The van der Waals surface area contributed by atoms with Gasteiger partial charge >= 0.3 is 12.3 Å². The van der Waals surface area contributed by atoms with E-state index in [0.29, 0.717) is 61.5 Å². The van der Waals surface area contributed by atoms with Gasteiger partial charge in [0, 0.05) is 23.1 Å². The number of nitrogens with zero attached hydrogens (tertiary/aromatic N) is 1. The third-order valence-corrected chi connectivity index (χ3v) is 13.5. The van der Waals surface area contributed by atoms with Gasteiger partial charge in [-0.3, -0.25) is 4.79 Å². The molecule has 0 aliphatic heterocycles. The van der Waals surface area contributed by atoms with Crippen molar-refractivity contribution in [3.63, 3.8) is 0 Å². The van der Waals surface area contributed by atoms with Crippen LogP contribution in [0.25, 0.3) is 0 Å². The zero-order valence-corrected chi connectivity index (χ0v) is 34.2. The van der Waals surface area contributed by atoms with Crippen molar-refractivity contribution in [3.8, 4) is 0 Å². The number of carbonyl (C=O) groups excluding carboxylic acids is 2. The Morgan fingerprint density at radius 2 is 1.72 bits per heavy atom. The maximum atomic E-state index is 14.5. The molecular weight excluding hydrogens is 728 g/mol. The van der Waals surface area contributed by atoms with E-state index in [-0.39, 0.29) is 48.6 Å². The van der Waals surface area contributed by atoms with E-state index in [0.717, 1.165) is 42.5 Å². The van der Waals surface area contributed by atoms with Gasteiger partial charge in [0.2, 0.25) is 0 Å². The standard InChI is InChI=1S/C48H60F3NO5/c1-31(2)39-20-17-33(4)25-43(39)57-45(55)52(29-34-12-7-6-8-13-34)30-47(56)24-22-42-40-21-18-35(26-38(53)19-16-32(3)11-10-23-46(42,47)5)27-41(40)44(54)36-14-9-15-37(28-36)48(49,50)51/h6-9,11-15,18,21,27-28,31,33,38-39,42-43,53,56H,10,16-17,19-20,22-26,29-30H2,1-5H3. The van der Waals surface area contributed by atoms with Gasteiger partial charge in [-0.1, -0.05) is 100 Å². The highest BCUT2D eigenvalue weighted by molar-refractivity contribution is 6.10. The minimum atomic E-state index is -4.62. The van der Waals surface area contributed by atoms with E-state index in [1.807, 2.05) is 56.3 Å². The number of allylic oxidation sites excluding steroid dienone is 2. The number of alkyl halides is 3. The minimum absolute atomic E-state index is 0.00618. The third-order valence-electron chi connectivity index (χ3n) is 13.5. The predicted molar refractivity (Wildman–Crippen MR) is 217 cm³/mol. The van der Waals surface area contributed by atoms with Gasteiger partial charge in [-0.05, 0) is 123 Å². The molecule has 0 aromatic heterocycles. The van der Waals surface area contributed by atoms with Crippen molar-refractivity contribution in [2.45, 2.75) is 135 Å². The molecule has 3 aromatic carbocycles. The monoisotopic (exact) mass is 787 g/mol. The van der Waals surface area contributed by atoms with E-state index in [1.54, 1.807) is 11.0 Å². The summed E-state index contributed by atoms with van der Waals surface area (Å²) in [6, 6.07) is 19.7. The topological polar surface area (TPSA) is 87.1 Å². The highest BCUT2D eigenvalue weighted by Crippen LogP contribution is 2.59.